The lowest BCUT2D eigenvalue weighted by atomic mass is 10.1. The molecule has 18 heavy (non-hydrogen) atoms. The molecule has 92 valence electrons. The predicted octanol–water partition coefficient (Wildman–Crippen LogP) is 4.71. The summed E-state index contributed by atoms with van der Waals surface area (Å²) in [7, 11) is 1.68. The molecule has 0 amide bonds. The summed E-state index contributed by atoms with van der Waals surface area (Å²) in [6.07, 6.45) is 0. The summed E-state index contributed by atoms with van der Waals surface area (Å²) < 4.78 is 7.37. The molecule has 0 saturated heterocycles. The molecule has 0 radical (unpaired) electrons. The fraction of sp³-hybridized carbons (Fsp3) is 0.143. The average molecular weight is 280 g/mol. The number of hydrogen-bond donors (Lipinski definition) is 0. The Hall–Kier alpha value is -1.22. The molecule has 0 spiro atoms. The van der Waals surface area contributed by atoms with E-state index in [1.54, 1.807) is 7.11 Å². The van der Waals surface area contributed by atoms with Gasteiger partial charge in [-0.1, -0.05) is 23.2 Å². The maximum Gasteiger partial charge on any atom is 0.123 e. The second kappa shape index (κ2) is 4.47. The molecule has 0 N–H and O–H groups in total. The predicted molar refractivity (Wildman–Crippen MR) is 76.5 cm³/mol. The van der Waals surface area contributed by atoms with E-state index in [2.05, 4.69) is 4.57 Å². The Bertz CT molecular complexity index is 674. The number of ether oxygens (including phenoxy) is 1. The Labute approximate surface area is 115 Å². The van der Waals surface area contributed by atoms with Gasteiger partial charge in [-0.15, -0.1) is 0 Å². The van der Waals surface area contributed by atoms with Gasteiger partial charge >= 0.3 is 0 Å². The molecule has 3 aromatic rings. The van der Waals surface area contributed by atoms with E-state index in [9.17, 15) is 0 Å². The monoisotopic (exact) mass is 279 g/mol. The van der Waals surface area contributed by atoms with E-state index in [1.807, 2.05) is 36.4 Å². The summed E-state index contributed by atoms with van der Waals surface area (Å²) in [6, 6.07) is 11.7. The van der Waals surface area contributed by atoms with Gasteiger partial charge in [0.2, 0.25) is 0 Å². The number of fused-ring (bicyclic) bond motifs is 3. The van der Waals surface area contributed by atoms with Gasteiger partial charge in [0, 0.05) is 27.9 Å². The van der Waals surface area contributed by atoms with Crippen LogP contribution in [-0.2, 0) is 11.5 Å². The van der Waals surface area contributed by atoms with E-state index in [1.165, 1.54) is 0 Å². The SMILES string of the molecule is COCn1c2ccc(Cl)cc2c2cc(Cl)ccc21. The largest absolute Gasteiger partial charge is 0.364 e. The molecule has 0 aliphatic rings. The highest BCUT2D eigenvalue weighted by atomic mass is 35.5. The van der Waals surface area contributed by atoms with E-state index >= 15 is 0 Å². The molecule has 1 heterocycles. The Morgan fingerprint density at radius 2 is 1.44 bits per heavy atom. The molecule has 0 unspecified atom stereocenters. The van der Waals surface area contributed by atoms with Crippen LogP contribution in [0.25, 0.3) is 21.8 Å². The zero-order valence-corrected chi connectivity index (χ0v) is 11.3. The standard InChI is InChI=1S/C14H11Cl2NO/c1-18-8-17-13-4-2-9(15)6-11(13)12-7-10(16)3-5-14(12)17/h2-7H,8H2,1H3. The van der Waals surface area contributed by atoms with Crippen molar-refractivity contribution in [3.05, 3.63) is 46.4 Å². The van der Waals surface area contributed by atoms with Crippen LogP contribution in [0.15, 0.2) is 36.4 Å². The van der Waals surface area contributed by atoms with Gasteiger partial charge in [-0.3, -0.25) is 0 Å². The second-order valence-electron chi connectivity index (χ2n) is 4.17. The normalized spacial score (nSPS) is 11.5. The molecular formula is C14H11Cl2NO. The van der Waals surface area contributed by atoms with Crippen LogP contribution in [0.3, 0.4) is 0 Å². The van der Waals surface area contributed by atoms with Crippen molar-refractivity contribution in [1.82, 2.24) is 4.57 Å². The highest BCUT2D eigenvalue weighted by Crippen LogP contribution is 2.32. The van der Waals surface area contributed by atoms with Gasteiger partial charge in [-0.05, 0) is 36.4 Å². The van der Waals surface area contributed by atoms with Crippen molar-refractivity contribution in [2.24, 2.45) is 0 Å². The first-order chi connectivity index (χ1) is 8.70. The van der Waals surface area contributed by atoms with Crippen LogP contribution in [0.5, 0.6) is 0 Å². The quantitative estimate of drug-likeness (QED) is 0.663. The minimum absolute atomic E-state index is 0.503. The van der Waals surface area contributed by atoms with Gasteiger partial charge in [-0.2, -0.15) is 0 Å². The third-order valence-electron chi connectivity index (χ3n) is 3.05. The Morgan fingerprint density at radius 3 is 1.89 bits per heavy atom. The van der Waals surface area contributed by atoms with Gasteiger partial charge in [0.1, 0.15) is 6.73 Å². The fourth-order valence-electron chi connectivity index (χ4n) is 2.32. The number of hydrogen-bond acceptors (Lipinski definition) is 1. The van der Waals surface area contributed by atoms with Crippen LogP contribution in [-0.4, -0.2) is 11.7 Å². The third-order valence-corrected chi connectivity index (χ3v) is 3.52. The molecular weight excluding hydrogens is 269 g/mol. The lowest BCUT2D eigenvalue weighted by Gasteiger charge is -2.05. The number of methoxy groups -OCH3 is 1. The molecule has 3 rings (SSSR count). The van der Waals surface area contributed by atoms with Crippen molar-refractivity contribution in [2.45, 2.75) is 6.73 Å². The second-order valence-corrected chi connectivity index (χ2v) is 5.04. The number of nitrogens with zero attached hydrogens (tertiary/aromatic N) is 1. The minimum atomic E-state index is 0.503. The first-order valence-electron chi connectivity index (χ1n) is 5.56. The van der Waals surface area contributed by atoms with Crippen LogP contribution in [0.1, 0.15) is 0 Å². The van der Waals surface area contributed by atoms with E-state index < -0.39 is 0 Å². The molecule has 2 aromatic carbocycles. The molecule has 0 saturated carbocycles. The van der Waals surface area contributed by atoms with Gasteiger partial charge in [0.05, 0.1) is 11.0 Å². The minimum Gasteiger partial charge on any atom is -0.364 e. The molecule has 1 aromatic heterocycles. The van der Waals surface area contributed by atoms with Crippen LogP contribution in [0, 0.1) is 0 Å². The first-order valence-corrected chi connectivity index (χ1v) is 6.32. The molecule has 0 aliphatic carbocycles. The number of aromatic nitrogens is 1. The van der Waals surface area contributed by atoms with Crippen molar-refractivity contribution >= 4 is 45.0 Å². The highest BCUT2D eigenvalue weighted by Gasteiger charge is 2.10. The zero-order chi connectivity index (χ0) is 12.7. The summed E-state index contributed by atoms with van der Waals surface area (Å²) in [6.45, 7) is 0.503. The summed E-state index contributed by atoms with van der Waals surface area (Å²) in [5, 5.41) is 3.63. The van der Waals surface area contributed by atoms with Gasteiger partial charge in [-0.25, -0.2) is 0 Å². The summed E-state index contributed by atoms with van der Waals surface area (Å²) >= 11 is 12.1. The number of rotatable bonds is 2. The number of halogens is 2. The summed E-state index contributed by atoms with van der Waals surface area (Å²) in [5.41, 5.74) is 2.19. The topological polar surface area (TPSA) is 14.2 Å². The van der Waals surface area contributed by atoms with Crippen LogP contribution in [0.4, 0.5) is 0 Å². The third kappa shape index (κ3) is 1.77. The van der Waals surface area contributed by atoms with Crippen molar-refractivity contribution in [1.29, 1.82) is 0 Å². The Morgan fingerprint density at radius 1 is 0.944 bits per heavy atom. The van der Waals surface area contributed by atoms with Crippen LogP contribution in [0.2, 0.25) is 10.0 Å². The van der Waals surface area contributed by atoms with E-state index in [0.29, 0.717) is 6.73 Å². The maximum atomic E-state index is 6.07. The first kappa shape index (κ1) is 11.8. The number of benzene rings is 2. The molecule has 4 heteroatoms. The lowest BCUT2D eigenvalue weighted by molar-refractivity contribution is 0.138. The van der Waals surface area contributed by atoms with Crippen LogP contribution < -0.4 is 0 Å². The summed E-state index contributed by atoms with van der Waals surface area (Å²) in [5.74, 6) is 0. The van der Waals surface area contributed by atoms with Crippen molar-refractivity contribution in [3.63, 3.8) is 0 Å². The van der Waals surface area contributed by atoms with Crippen LogP contribution >= 0.6 is 23.2 Å². The fourth-order valence-corrected chi connectivity index (χ4v) is 2.66. The molecule has 0 aliphatic heterocycles. The molecule has 0 atom stereocenters. The van der Waals surface area contributed by atoms with Crippen molar-refractivity contribution in [2.75, 3.05) is 7.11 Å². The summed E-state index contributed by atoms with van der Waals surface area (Å²) in [4.78, 5) is 0. The molecule has 0 fully saturated rings. The van der Waals surface area contributed by atoms with Crippen molar-refractivity contribution in [3.8, 4) is 0 Å². The maximum absolute atomic E-state index is 6.07. The van der Waals surface area contributed by atoms with E-state index in [-0.39, 0.29) is 0 Å². The molecule has 2 nitrogen and oxygen atoms in total. The van der Waals surface area contributed by atoms with Gasteiger partial charge < -0.3 is 9.30 Å². The van der Waals surface area contributed by atoms with E-state index in [0.717, 1.165) is 31.9 Å². The lowest BCUT2D eigenvalue weighted by Crippen LogP contribution is -1.98. The Balaban J connectivity index is 2.48. The van der Waals surface area contributed by atoms with Gasteiger partial charge in [0.25, 0.3) is 0 Å². The highest BCUT2D eigenvalue weighted by molar-refractivity contribution is 6.33. The molecule has 0 bridgehead atoms. The zero-order valence-electron chi connectivity index (χ0n) is 9.78. The van der Waals surface area contributed by atoms with Gasteiger partial charge in [0.15, 0.2) is 0 Å². The van der Waals surface area contributed by atoms with Crippen molar-refractivity contribution < 1.29 is 4.74 Å². The smallest absolute Gasteiger partial charge is 0.123 e. The Kier molecular flexibility index (Phi) is 2.94. The average Bonchev–Trinajstić information content (AvgIpc) is 2.64. The van der Waals surface area contributed by atoms with E-state index in [4.69, 9.17) is 27.9 Å².